The monoisotopic (exact) mass is 326 g/mol. The average Bonchev–Trinajstić information content (AvgIpc) is 3.00. The number of rotatable bonds is 4. The van der Waals surface area contributed by atoms with E-state index in [1.54, 1.807) is 31.3 Å². The van der Waals surface area contributed by atoms with Crippen LogP contribution in [0.25, 0.3) is 0 Å². The lowest BCUT2D eigenvalue weighted by Crippen LogP contribution is -2.49. The first kappa shape index (κ1) is 16.0. The Balaban J connectivity index is 1.52. The van der Waals surface area contributed by atoms with Crippen LogP contribution in [0.1, 0.15) is 11.3 Å². The summed E-state index contributed by atoms with van der Waals surface area (Å²) in [5.74, 6) is 1.68. The van der Waals surface area contributed by atoms with E-state index in [9.17, 15) is 4.79 Å². The molecule has 0 saturated carbocycles. The summed E-state index contributed by atoms with van der Waals surface area (Å²) in [6.07, 6.45) is 1.69. The van der Waals surface area contributed by atoms with E-state index in [0.29, 0.717) is 29.5 Å². The largest absolute Gasteiger partial charge is 0.360 e. The second-order valence-electron chi connectivity index (χ2n) is 5.62. The summed E-state index contributed by atoms with van der Waals surface area (Å²) in [5.41, 5.74) is 0.574. The minimum Gasteiger partial charge on any atom is -0.360 e. The minimum atomic E-state index is -0.118. The van der Waals surface area contributed by atoms with Crippen LogP contribution in [0.15, 0.2) is 28.9 Å². The molecule has 2 aromatic rings. The third-order valence-electron chi connectivity index (χ3n) is 3.84. The van der Waals surface area contributed by atoms with E-state index in [4.69, 9.17) is 9.78 Å². The Hall–Kier alpha value is -2.92. The highest BCUT2D eigenvalue weighted by Gasteiger charge is 2.21. The van der Waals surface area contributed by atoms with E-state index in [1.165, 1.54) is 0 Å². The van der Waals surface area contributed by atoms with Crippen molar-refractivity contribution in [1.29, 1.82) is 5.26 Å². The number of carbonyl (C=O) groups is 1. The smallest absolute Gasteiger partial charge is 0.239 e. The second-order valence-corrected chi connectivity index (χ2v) is 5.62. The van der Waals surface area contributed by atoms with E-state index >= 15 is 0 Å². The Labute approximate surface area is 139 Å². The number of piperazine rings is 1. The molecule has 0 atom stereocenters. The molecule has 2 aromatic heterocycles. The van der Waals surface area contributed by atoms with Crippen LogP contribution in [0.4, 0.5) is 11.6 Å². The second kappa shape index (κ2) is 7.10. The van der Waals surface area contributed by atoms with Gasteiger partial charge in [0.25, 0.3) is 0 Å². The van der Waals surface area contributed by atoms with Crippen LogP contribution >= 0.6 is 0 Å². The number of hydrogen-bond acceptors (Lipinski definition) is 7. The van der Waals surface area contributed by atoms with Gasteiger partial charge in [-0.1, -0.05) is 5.16 Å². The third-order valence-corrected chi connectivity index (χ3v) is 3.84. The van der Waals surface area contributed by atoms with Crippen molar-refractivity contribution in [2.75, 3.05) is 42.9 Å². The number of nitrogens with one attached hydrogen (secondary N) is 1. The average molecular weight is 326 g/mol. The van der Waals surface area contributed by atoms with Gasteiger partial charge in [-0.2, -0.15) is 5.26 Å². The topological polar surface area (TPSA) is 98.3 Å². The normalized spacial score (nSPS) is 15.1. The van der Waals surface area contributed by atoms with Gasteiger partial charge in [0.1, 0.15) is 17.6 Å². The first-order valence-electron chi connectivity index (χ1n) is 7.71. The molecular weight excluding hydrogens is 308 g/mol. The van der Waals surface area contributed by atoms with Crippen molar-refractivity contribution in [2.24, 2.45) is 0 Å². The molecule has 8 heteroatoms. The molecule has 1 aliphatic heterocycles. The van der Waals surface area contributed by atoms with E-state index < -0.39 is 0 Å². The van der Waals surface area contributed by atoms with E-state index in [1.807, 2.05) is 0 Å². The highest BCUT2D eigenvalue weighted by molar-refractivity contribution is 5.91. The van der Waals surface area contributed by atoms with E-state index in [-0.39, 0.29) is 5.91 Å². The quantitative estimate of drug-likeness (QED) is 0.895. The summed E-state index contributed by atoms with van der Waals surface area (Å²) in [6, 6.07) is 7.37. The fourth-order valence-electron chi connectivity index (χ4n) is 2.66. The van der Waals surface area contributed by atoms with Crippen molar-refractivity contribution in [3.63, 3.8) is 0 Å². The lowest BCUT2D eigenvalue weighted by molar-refractivity contribution is -0.117. The number of hydrogen-bond donors (Lipinski definition) is 1. The molecule has 1 saturated heterocycles. The number of nitrogens with zero attached hydrogens (tertiary/aromatic N) is 5. The van der Waals surface area contributed by atoms with Gasteiger partial charge in [0.05, 0.1) is 12.1 Å². The number of carbonyl (C=O) groups excluding carboxylic acids is 1. The van der Waals surface area contributed by atoms with Gasteiger partial charge in [-0.05, 0) is 19.1 Å². The molecule has 0 spiro atoms. The van der Waals surface area contributed by atoms with Crippen LogP contribution in [0, 0.1) is 18.3 Å². The molecule has 1 fully saturated rings. The standard InChI is InChI=1S/C16H18N6O2/c1-12-9-14(20-24-12)19-15(23)11-21-5-7-22(8-6-21)16-13(10-17)3-2-4-18-16/h2-4,9H,5-8,11H2,1H3,(H,19,20,23). The summed E-state index contributed by atoms with van der Waals surface area (Å²) in [4.78, 5) is 20.5. The Bertz CT molecular complexity index is 758. The first-order valence-corrected chi connectivity index (χ1v) is 7.71. The van der Waals surface area contributed by atoms with Crippen molar-refractivity contribution in [3.8, 4) is 6.07 Å². The number of amides is 1. The summed E-state index contributed by atoms with van der Waals surface area (Å²) in [7, 11) is 0. The predicted octanol–water partition coefficient (Wildman–Crippen LogP) is 1.01. The molecule has 124 valence electrons. The van der Waals surface area contributed by atoms with Gasteiger partial charge in [-0.3, -0.25) is 9.69 Å². The SMILES string of the molecule is Cc1cc(NC(=O)CN2CCN(c3ncccc3C#N)CC2)no1. The van der Waals surface area contributed by atoms with Crippen molar-refractivity contribution in [3.05, 3.63) is 35.7 Å². The zero-order valence-electron chi connectivity index (χ0n) is 13.4. The third kappa shape index (κ3) is 3.70. The van der Waals surface area contributed by atoms with Crippen LogP contribution in [0.3, 0.4) is 0 Å². The van der Waals surface area contributed by atoms with Crippen molar-refractivity contribution in [1.82, 2.24) is 15.0 Å². The maximum atomic E-state index is 12.0. The number of aryl methyl sites for hydroxylation is 1. The van der Waals surface area contributed by atoms with Gasteiger partial charge < -0.3 is 14.7 Å². The van der Waals surface area contributed by atoms with Crippen LogP contribution < -0.4 is 10.2 Å². The Kier molecular flexibility index (Phi) is 4.72. The molecule has 0 radical (unpaired) electrons. The minimum absolute atomic E-state index is 0.118. The van der Waals surface area contributed by atoms with Crippen LogP contribution in [-0.2, 0) is 4.79 Å². The van der Waals surface area contributed by atoms with Crippen molar-refractivity contribution < 1.29 is 9.32 Å². The van der Waals surface area contributed by atoms with Gasteiger partial charge >= 0.3 is 0 Å². The Morgan fingerprint density at radius 2 is 2.21 bits per heavy atom. The zero-order chi connectivity index (χ0) is 16.9. The van der Waals surface area contributed by atoms with E-state index in [2.05, 4.69) is 31.3 Å². The predicted molar refractivity (Wildman–Crippen MR) is 87.5 cm³/mol. The highest BCUT2D eigenvalue weighted by atomic mass is 16.5. The fourth-order valence-corrected chi connectivity index (χ4v) is 2.66. The molecular formula is C16H18N6O2. The maximum Gasteiger partial charge on any atom is 0.239 e. The highest BCUT2D eigenvalue weighted by Crippen LogP contribution is 2.18. The number of aromatic nitrogens is 2. The first-order chi connectivity index (χ1) is 11.7. The molecule has 8 nitrogen and oxygen atoms in total. The molecule has 24 heavy (non-hydrogen) atoms. The van der Waals surface area contributed by atoms with Crippen molar-refractivity contribution >= 4 is 17.5 Å². The van der Waals surface area contributed by atoms with Crippen LogP contribution in [-0.4, -0.2) is 53.7 Å². The Morgan fingerprint density at radius 1 is 1.42 bits per heavy atom. The molecule has 1 amide bonds. The summed E-state index contributed by atoms with van der Waals surface area (Å²) in [6.45, 7) is 4.98. The van der Waals surface area contributed by atoms with Gasteiger partial charge in [0, 0.05) is 38.4 Å². The molecule has 3 heterocycles. The molecule has 0 aromatic carbocycles. The molecule has 3 rings (SSSR count). The lowest BCUT2D eigenvalue weighted by Gasteiger charge is -2.35. The lowest BCUT2D eigenvalue weighted by atomic mass is 10.2. The maximum absolute atomic E-state index is 12.0. The summed E-state index contributed by atoms with van der Waals surface area (Å²) < 4.78 is 4.92. The molecule has 1 aliphatic rings. The van der Waals surface area contributed by atoms with Crippen molar-refractivity contribution in [2.45, 2.75) is 6.92 Å². The summed E-state index contributed by atoms with van der Waals surface area (Å²) >= 11 is 0. The molecule has 0 unspecified atom stereocenters. The number of anilines is 2. The van der Waals surface area contributed by atoms with Gasteiger partial charge in [-0.25, -0.2) is 4.98 Å². The van der Waals surface area contributed by atoms with Crippen LogP contribution in [0.5, 0.6) is 0 Å². The Morgan fingerprint density at radius 3 is 2.88 bits per heavy atom. The zero-order valence-corrected chi connectivity index (χ0v) is 13.4. The van der Waals surface area contributed by atoms with Crippen LogP contribution in [0.2, 0.25) is 0 Å². The molecule has 1 N–H and O–H groups in total. The summed E-state index contributed by atoms with van der Waals surface area (Å²) in [5, 5.41) is 15.6. The van der Waals surface area contributed by atoms with Gasteiger partial charge in [-0.15, -0.1) is 0 Å². The molecule has 0 aliphatic carbocycles. The fraction of sp³-hybridized carbons (Fsp3) is 0.375. The van der Waals surface area contributed by atoms with Gasteiger partial charge in [0.15, 0.2) is 5.82 Å². The molecule has 0 bridgehead atoms. The number of nitriles is 1. The van der Waals surface area contributed by atoms with Gasteiger partial charge in [0.2, 0.25) is 5.91 Å². The number of pyridine rings is 1. The van der Waals surface area contributed by atoms with E-state index in [0.717, 1.165) is 26.2 Å².